The Balaban J connectivity index is 2.02. The van der Waals surface area contributed by atoms with E-state index in [1.807, 2.05) is 32.0 Å². The minimum Gasteiger partial charge on any atom is -0.394 e. The first-order valence-corrected chi connectivity index (χ1v) is 9.22. The number of aliphatic hydroxyl groups is 1. The van der Waals surface area contributed by atoms with Gasteiger partial charge in [0.1, 0.15) is 5.01 Å². The van der Waals surface area contributed by atoms with E-state index < -0.39 is 0 Å². The highest BCUT2D eigenvalue weighted by Gasteiger charge is 2.27. The first kappa shape index (κ1) is 19.3. The number of urea groups is 1. The van der Waals surface area contributed by atoms with E-state index in [9.17, 15) is 9.90 Å². The first-order valence-electron chi connectivity index (χ1n) is 8.40. The number of carbonyl (C=O) groups is 1. The summed E-state index contributed by atoms with van der Waals surface area (Å²) in [5.41, 5.74) is 0.847. The third-order valence-electron chi connectivity index (χ3n) is 3.99. The van der Waals surface area contributed by atoms with E-state index in [-0.39, 0.29) is 24.1 Å². The summed E-state index contributed by atoms with van der Waals surface area (Å²) in [6.07, 6.45) is 0.715. The molecule has 0 spiro atoms. The van der Waals surface area contributed by atoms with Crippen molar-refractivity contribution in [3.05, 3.63) is 40.9 Å². The molecule has 0 aliphatic heterocycles. The van der Waals surface area contributed by atoms with Gasteiger partial charge in [0, 0.05) is 5.41 Å². The number of rotatable bonds is 7. The lowest BCUT2D eigenvalue weighted by atomic mass is 9.85. The Hall–Kier alpha value is -1.99. The zero-order valence-electron chi connectivity index (χ0n) is 15.1. The normalized spacial score (nSPS) is 12.9. The Kier molecular flexibility index (Phi) is 6.50. The van der Waals surface area contributed by atoms with E-state index in [1.54, 1.807) is 0 Å². The van der Waals surface area contributed by atoms with Crippen molar-refractivity contribution in [2.45, 2.75) is 45.6 Å². The molecule has 3 N–H and O–H groups in total. The summed E-state index contributed by atoms with van der Waals surface area (Å²) in [5.74, 6) is 0.386. The summed E-state index contributed by atoms with van der Waals surface area (Å²) in [6.45, 7) is 8.16. The largest absolute Gasteiger partial charge is 0.394 e. The van der Waals surface area contributed by atoms with Crippen LogP contribution in [0.15, 0.2) is 30.3 Å². The van der Waals surface area contributed by atoms with Gasteiger partial charge in [-0.25, -0.2) is 4.79 Å². The molecular weight excluding hydrogens is 336 g/mol. The molecule has 136 valence electrons. The number of benzene rings is 1. The maximum absolute atomic E-state index is 12.1. The van der Waals surface area contributed by atoms with Crippen LogP contribution in [0.25, 0.3) is 0 Å². The topological polar surface area (TPSA) is 87.1 Å². The summed E-state index contributed by atoms with van der Waals surface area (Å²) in [7, 11) is 0. The number of carbonyl (C=O) groups excluding carboxylic acids is 1. The molecule has 0 saturated carbocycles. The van der Waals surface area contributed by atoms with Crippen molar-refractivity contribution in [1.29, 1.82) is 0 Å². The fraction of sp³-hybridized carbons (Fsp3) is 0.500. The van der Waals surface area contributed by atoms with Crippen molar-refractivity contribution in [2.24, 2.45) is 5.92 Å². The lowest BCUT2D eigenvalue weighted by Gasteiger charge is -2.21. The fourth-order valence-electron chi connectivity index (χ4n) is 2.57. The number of hydrogen-bond acceptors (Lipinski definition) is 5. The zero-order valence-corrected chi connectivity index (χ0v) is 15.9. The zero-order chi connectivity index (χ0) is 18.4. The molecule has 25 heavy (non-hydrogen) atoms. The predicted octanol–water partition coefficient (Wildman–Crippen LogP) is 3.39. The molecule has 0 bridgehead atoms. The summed E-state index contributed by atoms with van der Waals surface area (Å²) >= 11 is 1.35. The van der Waals surface area contributed by atoms with Gasteiger partial charge < -0.3 is 10.4 Å². The number of hydrogen-bond donors (Lipinski definition) is 3. The molecule has 2 amide bonds. The lowest BCUT2D eigenvalue weighted by molar-refractivity contribution is 0.214. The standard InChI is InChI=1S/C18H26N4O2S/c1-12(2)10-14(11-23)19-16(24)20-17-22-21-15(25-17)18(3,4)13-8-6-5-7-9-13/h5-9,12,14,23H,10-11H2,1-4H3,(H2,19,20,22,24). The number of nitrogens with one attached hydrogen (secondary N) is 2. The monoisotopic (exact) mass is 362 g/mol. The van der Waals surface area contributed by atoms with Crippen molar-refractivity contribution in [3.63, 3.8) is 0 Å². The van der Waals surface area contributed by atoms with Crippen molar-refractivity contribution in [3.8, 4) is 0 Å². The number of anilines is 1. The third kappa shape index (κ3) is 5.24. The molecule has 0 aliphatic carbocycles. The van der Waals surface area contributed by atoms with Crippen LogP contribution < -0.4 is 10.6 Å². The number of amides is 2. The van der Waals surface area contributed by atoms with Crippen molar-refractivity contribution in [2.75, 3.05) is 11.9 Å². The van der Waals surface area contributed by atoms with Crippen LogP contribution in [0.1, 0.15) is 44.7 Å². The lowest BCUT2D eigenvalue weighted by Crippen LogP contribution is -2.40. The van der Waals surface area contributed by atoms with Gasteiger partial charge in [-0.2, -0.15) is 0 Å². The van der Waals surface area contributed by atoms with Crippen LogP contribution in [0, 0.1) is 5.92 Å². The van der Waals surface area contributed by atoms with Gasteiger partial charge in [0.05, 0.1) is 12.6 Å². The van der Waals surface area contributed by atoms with Gasteiger partial charge in [-0.3, -0.25) is 5.32 Å². The van der Waals surface area contributed by atoms with Crippen LogP contribution in [-0.2, 0) is 5.41 Å². The van der Waals surface area contributed by atoms with E-state index in [4.69, 9.17) is 0 Å². The Bertz CT molecular complexity index is 685. The molecular formula is C18H26N4O2S. The highest BCUT2D eigenvalue weighted by atomic mass is 32.1. The van der Waals surface area contributed by atoms with Gasteiger partial charge in [0.2, 0.25) is 5.13 Å². The smallest absolute Gasteiger partial charge is 0.321 e. The van der Waals surface area contributed by atoms with Gasteiger partial charge in [-0.15, -0.1) is 10.2 Å². The highest BCUT2D eigenvalue weighted by Crippen LogP contribution is 2.34. The van der Waals surface area contributed by atoms with Crippen LogP contribution in [0.2, 0.25) is 0 Å². The van der Waals surface area contributed by atoms with Gasteiger partial charge in [0.25, 0.3) is 0 Å². The molecule has 1 unspecified atom stereocenters. The molecule has 1 aromatic heterocycles. The molecule has 0 radical (unpaired) electrons. The molecule has 0 aliphatic rings. The fourth-order valence-corrected chi connectivity index (χ4v) is 3.43. The van der Waals surface area contributed by atoms with Crippen molar-refractivity contribution in [1.82, 2.24) is 15.5 Å². The van der Waals surface area contributed by atoms with E-state index in [0.29, 0.717) is 17.5 Å². The van der Waals surface area contributed by atoms with Crippen LogP contribution in [-0.4, -0.2) is 34.0 Å². The first-order chi connectivity index (χ1) is 11.8. The van der Waals surface area contributed by atoms with Crippen LogP contribution in [0.5, 0.6) is 0 Å². The number of nitrogens with zero attached hydrogens (tertiary/aromatic N) is 2. The van der Waals surface area contributed by atoms with Crippen molar-refractivity contribution >= 4 is 22.5 Å². The summed E-state index contributed by atoms with van der Waals surface area (Å²) in [6, 6.07) is 9.43. The molecule has 7 heteroatoms. The Morgan fingerprint density at radius 1 is 1.24 bits per heavy atom. The molecule has 0 saturated heterocycles. The summed E-state index contributed by atoms with van der Waals surface area (Å²) in [4.78, 5) is 12.1. The summed E-state index contributed by atoms with van der Waals surface area (Å²) in [5, 5.41) is 24.4. The second-order valence-electron chi connectivity index (χ2n) is 7.01. The molecule has 6 nitrogen and oxygen atoms in total. The predicted molar refractivity (Wildman–Crippen MR) is 101 cm³/mol. The molecule has 1 atom stereocenters. The Morgan fingerprint density at radius 3 is 2.52 bits per heavy atom. The molecule has 0 fully saturated rings. The van der Waals surface area contributed by atoms with Crippen LogP contribution in [0.3, 0.4) is 0 Å². The van der Waals surface area contributed by atoms with Gasteiger partial charge in [0.15, 0.2) is 0 Å². The molecule has 2 rings (SSSR count). The second kappa shape index (κ2) is 8.40. The minimum absolute atomic E-state index is 0.0893. The Morgan fingerprint density at radius 2 is 1.92 bits per heavy atom. The Labute approximate surface area is 152 Å². The average Bonchev–Trinajstić information content (AvgIpc) is 3.03. The molecule has 1 aromatic carbocycles. The van der Waals surface area contributed by atoms with E-state index in [0.717, 1.165) is 10.6 Å². The van der Waals surface area contributed by atoms with E-state index in [1.165, 1.54) is 11.3 Å². The van der Waals surface area contributed by atoms with Gasteiger partial charge >= 0.3 is 6.03 Å². The number of aromatic nitrogens is 2. The maximum Gasteiger partial charge on any atom is 0.321 e. The SMILES string of the molecule is CC(C)CC(CO)NC(=O)Nc1nnc(C(C)(C)c2ccccc2)s1. The molecule has 2 aromatic rings. The number of aliphatic hydroxyl groups excluding tert-OH is 1. The van der Waals surface area contributed by atoms with Gasteiger partial charge in [-0.1, -0.05) is 55.5 Å². The highest BCUT2D eigenvalue weighted by molar-refractivity contribution is 7.15. The van der Waals surface area contributed by atoms with Crippen LogP contribution in [0.4, 0.5) is 9.93 Å². The second-order valence-corrected chi connectivity index (χ2v) is 7.99. The van der Waals surface area contributed by atoms with E-state index >= 15 is 0 Å². The quantitative estimate of drug-likeness (QED) is 0.704. The molecule has 1 heterocycles. The van der Waals surface area contributed by atoms with Crippen molar-refractivity contribution < 1.29 is 9.90 Å². The minimum atomic E-state index is -0.375. The summed E-state index contributed by atoms with van der Waals surface area (Å²) < 4.78 is 0. The average molecular weight is 362 g/mol. The van der Waals surface area contributed by atoms with Gasteiger partial charge in [-0.05, 0) is 31.7 Å². The van der Waals surface area contributed by atoms with E-state index in [2.05, 4.69) is 46.8 Å². The maximum atomic E-state index is 12.1. The third-order valence-corrected chi connectivity index (χ3v) is 5.15. The van der Waals surface area contributed by atoms with Crippen LogP contribution >= 0.6 is 11.3 Å².